The normalized spacial score (nSPS) is 12.8. The van der Waals surface area contributed by atoms with Crippen LogP contribution in [0.3, 0.4) is 0 Å². The lowest BCUT2D eigenvalue weighted by molar-refractivity contribution is -0.119. The lowest BCUT2D eigenvalue weighted by atomic mass is 9.85. The Kier molecular flexibility index (Phi) is 4.67. The number of nitrogens with zero attached hydrogens (tertiary/aromatic N) is 1. The van der Waals surface area contributed by atoms with Crippen molar-refractivity contribution in [3.63, 3.8) is 0 Å². The minimum Gasteiger partial charge on any atom is -0.298 e. The van der Waals surface area contributed by atoms with Crippen molar-refractivity contribution < 1.29 is 4.79 Å². The zero-order chi connectivity index (χ0) is 13.8. The Labute approximate surface area is 110 Å². The van der Waals surface area contributed by atoms with Gasteiger partial charge < -0.3 is 0 Å². The third-order valence-corrected chi connectivity index (χ3v) is 2.98. The van der Waals surface area contributed by atoms with E-state index in [1.165, 1.54) is 0 Å². The predicted molar refractivity (Wildman–Crippen MR) is 73.2 cm³/mol. The van der Waals surface area contributed by atoms with Gasteiger partial charge in [-0.25, -0.2) is 0 Å². The molecule has 1 atom stereocenters. The Balaban J connectivity index is 2.75. The van der Waals surface area contributed by atoms with Crippen molar-refractivity contribution in [1.82, 2.24) is 0 Å². The highest BCUT2D eigenvalue weighted by molar-refractivity contribution is 5.88. The van der Waals surface area contributed by atoms with Gasteiger partial charge in [0.15, 0.2) is 5.78 Å². The van der Waals surface area contributed by atoms with E-state index in [0.717, 1.165) is 17.5 Å². The van der Waals surface area contributed by atoms with Crippen LogP contribution in [0.15, 0.2) is 24.3 Å². The molecule has 2 heteroatoms. The second-order valence-electron chi connectivity index (χ2n) is 6.00. The lowest BCUT2D eigenvalue weighted by Crippen LogP contribution is -2.14. The van der Waals surface area contributed by atoms with Gasteiger partial charge in [0.05, 0.1) is 6.07 Å². The molecule has 0 heterocycles. The van der Waals surface area contributed by atoms with Crippen molar-refractivity contribution in [2.75, 3.05) is 0 Å². The van der Waals surface area contributed by atoms with E-state index in [0.29, 0.717) is 6.42 Å². The molecule has 0 aliphatic heterocycles. The van der Waals surface area contributed by atoms with E-state index >= 15 is 0 Å². The van der Waals surface area contributed by atoms with Crippen LogP contribution in [-0.2, 0) is 4.79 Å². The molecule has 0 aromatic heterocycles. The molecule has 1 unspecified atom stereocenters. The van der Waals surface area contributed by atoms with Gasteiger partial charge >= 0.3 is 0 Å². The maximum absolute atomic E-state index is 12.1. The molecule has 0 amide bonds. The minimum absolute atomic E-state index is 0.0243. The SMILES string of the molecule is Cc1ccc(C(C#N)C(=O)CCC(C)(C)C)cc1. The Morgan fingerprint density at radius 1 is 1.28 bits per heavy atom. The Hall–Kier alpha value is -1.62. The smallest absolute Gasteiger partial charge is 0.154 e. The highest BCUT2D eigenvalue weighted by Crippen LogP contribution is 2.25. The molecule has 18 heavy (non-hydrogen) atoms. The minimum atomic E-state index is -0.618. The van der Waals surface area contributed by atoms with Crippen LogP contribution in [0.1, 0.15) is 50.7 Å². The van der Waals surface area contributed by atoms with E-state index in [2.05, 4.69) is 26.8 Å². The van der Waals surface area contributed by atoms with Gasteiger partial charge in [-0.15, -0.1) is 0 Å². The largest absolute Gasteiger partial charge is 0.298 e. The molecular weight excluding hydrogens is 222 g/mol. The summed E-state index contributed by atoms with van der Waals surface area (Å²) in [5.74, 6) is -0.593. The van der Waals surface area contributed by atoms with E-state index in [4.69, 9.17) is 0 Å². The van der Waals surface area contributed by atoms with Crippen LogP contribution in [0.4, 0.5) is 0 Å². The van der Waals surface area contributed by atoms with Gasteiger partial charge in [-0.1, -0.05) is 50.6 Å². The quantitative estimate of drug-likeness (QED) is 0.802. The summed E-state index contributed by atoms with van der Waals surface area (Å²) in [6.07, 6.45) is 1.28. The number of nitriles is 1. The molecule has 2 nitrogen and oxygen atoms in total. The topological polar surface area (TPSA) is 40.9 Å². The van der Waals surface area contributed by atoms with Crippen molar-refractivity contribution in [3.8, 4) is 6.07 Å². The van der Waals surface area contributed by atoms with Gasteiger partial charge in [-0.05, 0) is 24.3 Å². The number of aryl methyl sites for hydroxylation is 1. The number of hydrogen-bond donors (Lipinski definition) is 0. The average molecular weight is 243 g/mol. The summed E-state index contributed by atoms with van der Waals surface area (Å²) in [6, 6.07) is 9.75. The fraction of sp³-hybridized carbons (Fsp3) is 0.500. The molecular formula is C16H21NO. The fourth-order valence-corrected chi connectivity index (χ4v) is 1.73. The number of carbonyl (C=O) groups is 1. The molecule has 1 aromatic carbocycles. The van der Waals surface area contributed by atoms with Crippen molar-refractivity contribution in [2.24, 2.45) is 5.41 Å². The van der Waals surface area contributed by atoms with Gasteiger partial charge in [0.2, 0.25) is 0 Å². The first kappa shape index (κ1) is 14.4. The molecule has 0 spiro atoms. The molecule has 0 radical (unpaired) electrons. The zero-order valence-corrected chi connectivity index (χ0v) is 11.7. The van der Waals surface area contributed by atoms with Crippen molar-refractivity contribution >= 4 is 5.78 Å². The van der Waals surface area contributed by atoms with E-state index < -0.39 is 5.92 Å². The fourth-order valence-electron chi connectivity index (χ4n) is 1.73. The van der Waals surface area contributed by atoms with Crippen LogP contribution in [0.25, 0.3) is 0 Å². The number of rotatable bonds is 4. The van der Waals surface area contributed by atoms with E-state index in [9.17, 15) is 10.1 Å². The number of benzene rings is 1. The molecule has 0 bridgehead atoms. The number of Topliss-reactive ketones (excluding diaryl/α,β-unsaturated/α-hetero) is 1. The van der Waals surface area contributed by atoms with E-state index in [1.807, 2.05) is 31.2 Å². The summed E-state index contributed by atoms with van der Waals surface area (Å²) >= 11 is 0. The van der Waals surface area contributed by atoms with Crippen LogP contribution < -0.4 is 0 Å². The second-order valence-corrected chi connectivity index (χ2v) is 6.00. The van der Waals surface area contributed by atoms with Crippen LogP contribution in [-0.4, -0.2) is 5.78 Å². The summed E-state index contributed by atoms with van der Waals surface area (Å²) in [4.78, 5) is 12.1. The lowest BCUT2D eigenvalue weighted by Gasteiger charge is -2.18. The highest BCUT2D eigenvalue weighted by Gasteiger charge is 2.22. The Bertz CT molecular complexity index is 445. The molecule has 96 valence electrons. The maximum atomic E-state index is 12.1. The molecule has 1 aromatic rings. The summed E-state index contributed by atoms with van der Waals surface area (Å²) < 4.78 is 0. The first-order valence-electron chi connectivity index (χ1n) is 6.32. The summed E-state index contributed by atoms with van der Waals surface area (Å²) in [5.41, 5.74) is 2.07. The molecule has 0 aliphatic carbocycles. The standard InChI is InChI=1S/C16H21NO/c1-12-5-7-13(8-6-12)14(11-17)15(18)9-10-16(2,3)4/h5-8,14H,9-10H2,1-4H3. The highest BCUT2D eigenvalue weighted by atomic mass is 16.1. The first-order chi connectivity index (χ1) is 8.33. The summed E-state index contributed by atoms with van der Waals surface area (Å²) in [7, 11) is 0. The van der Waals surface area contributed by atoms with Gasteiger partial charge in [-0.3, -0.25) is 4.79 Å². The van der Waals surface area contributed by atoms with E-state index in [1.54, 1.807) is 0 Å². The second kappa shape index (κ2) is 5.82. The molecule has 1 rings (SSSR count). The molecule has 0 aliphatic rings. The van der Waals surface area contributed by atoms with E-state index in [-0.39, 0.29) is 11.2 Å². The van der Waals surface area contributed by atoms with Gasteiger partial charge in [0.1, 0.15) is 5.92 Å². The first-order valence-corrected chi connectivity index (χ1v) is 6.32. The molecule has 0 saturated heterocycles. The summed E-state index contributed by atoms with van der Waals surface area (Å²) in [5, 5.41) is 9.18. The Morgan fingerprint density at radius 3 is 2.28 bits per heavy atom. The molecule has 0 fully saturated rings. The van der Waals surface area contributed by atoms with Crippen LogP contribution in [0.2, 0.25) is 0 Å². The van der Waals surface area contributed by atoms with Crippen LogP contribution >= 0.6 is 0 Å². The van der Waals surface area contributed by atoms with Gasteiger partial charge in [0, 0.05) is 6.42 Å². The third-order valence-electron chi connectivity index (χ3n) is 2.98. The van der Waals surface area contributed by atoms with Crippen molar-refractivity contribution in [2.45, 2.75) is 46.5 Å². The van der Waals surface area contributed by atoms with Gasteiger partial charge in [0.25, 0.3) is 0 Å². The maximum Gasteiger partial charge on any atom is 0.154 e. The summed E-state index contributed by atoms with van der Waals surface area (Å²) in [6.45, 7) is 8.31. The number of ketones is 1. The van der Waals surface area contributed by atoms with Crippen molar-refractivity contribution in [1.29, 1.82) is 5.26 Å². The predicted octanol–water partition coefficient (Wildman–Crippen LogP) is 4.00. The number of carbonyl (C=O) groups excluding carboxylic acids is 1. The average Bonchev–Trinajstić information content (AvgIpc) is 2.29. The molecule has 0 saturated carbocycles. The van der Waals surface area contributed by atoms with Crippen LogP contribution in [0.5, 0.6) is 0 Å². The van der Waals surface area contributed by atoms with Crippen LogP contribution in [0, 0.1) is 23.7 Å². The Morgan fingerprint density at radius 2 is 1.83 bits per heavy atom. The zero-order valence-electron chi connectivity index (χ0n) is 11.7. The monoisotopic (exact) mass is 243 g/mol. The van der Waals surface area contributed by atoms with Crippen molar-refractivity contribution in [3.05, 3.63) is 35.4 Å². The molecule has 0 N–H and O–H groups in total. The number of hydrogen-bond acceptors (Lipinski definition) is 2. The third kappa shape index (κ3) is 4.33. The van der Waals surface area contributed by atoms with Gasteiger partial charge in [-0.2, -0.15) is 5.26 Å².